The maximum absolute atomic E-state index is 12.8. The molecule has 1 aromatic carbocycles. The number of hydrogen-bond acceptors (Lipinski definition) is 8. The van der Waals surface area contributed by atoms with Crippen LogP contribution in [0.25, 0.3) is 11.3 Å². The fourth-order valence-electron chi connectivity index (χ4n) is 3.82. The van der Waals surface area contributed by atoms with Crippen LogP contribution in [0.2, 0.25) is 0 Å². The molecule has 1 amide bonds. The largest absolute Gasteiger partial charge is 0.493 e. The average Bonchev–Trinajstić information content (AvgIpc) is 3.34. The molecule has 3 aromatic rings. The smallest absolute Gasteiger partial charge is 0.274 e. The molecular formula is C23H28N6O4. The Hall–Kier alpha value is -3.82. The third-order valence-corrected chi connectivity index (χ3v) is 5.78. The highest BCUT2D eigenvalue weighted by atomic mass is 16.5. The summed E-state index contributed by atoms with van der Waals surface area (Å²) in [7, 11) is 4.64. The van der Waals surface area contributed by atoms with Gasteiger partial charge in [-0.25, -0.2) is 9.97 Å². The Kier molecular flexibility index (Phi) is 6.62. The van der Waals surface area contributed by atoms with Gasteiger partial charge < -0.3 is 24.4 Å². The van der Waals surface area contributed by atoms with E-state index in [0.29, 0.717) is 40.0 Å². The zero-order valence-electron chi connectivity index (χ0n) is 19.2. The Labute approximate surface area is 192 Å². The topological polar surface area (TPSA) is 114 Å². The van der Waals surface area contributed by atoms with Crippen LogP contribution in [0, 0.1) is 5.92 Å². The van der Waals surface area contributed by atoms with E-state index < -0.39 is 0 Å². The molecule has 1 fully saturated rings. The van der Waals surface area contributed by atoms with E-state index in [2.05, 4.69) is 37.3 Å². The molecular weight excluding hydrogens is 424 g/mol. The first-order valence-corrected chi connectivity index (χ1v) is 10.8. The van der Waals surface area contributed by atoms with E-state index >= 15 is 0 Å². The molecule has 1 aliphatic heterocycles. The molecule has 0 saturated carbocycles. The van der Waals surface area contributed by atoms with Gasteiger partial charge in [-0.1, -0.05) is 6.92 Å². The number of aromatic amines is 1. The highest BCUT2D eigenvalue weighted by Gasteiger charge is 2.19. The summed E-state index contributed by atoms with van der Waals surface area (Å²) < 4.78 is 16.2. The van der Waals surface area contributed by atoms with Crippen LogP contribution >= 0.6 is 0 Å². The number of methoxy groups -OCH3 is 3. The molecule has 1 saturated heterocycles. The SMILES string of the molecule is COc1cc(-c2cc(C(=O)Nc3cc(N4CCC(C)CC4)ncn3)[nH]n2)cc(OC)c1OC. The van der Waals surface area contributed by atoms with Crippen molar-refractivity contribution in [2.45, 2.75) is 19.8 Å². The lowest BCUT2D eigenvalue weighted by atomic mass is 9.99. The summed E-state index contributed by atoms with van der Waals surface area (Å²) in [6, 6.07) is 7.00. The van der Waals surface area contributed by atoms with Gasteiger partial charge in [-0.3, -0.25) is 9.89 Å². The predicted molar refractivity (Wildman–Crippen MR) is 124 cm³/mol. The normalized spacial score (nSPS) is 14.1. The van der Waals surface area contributed by atoms with Crippen LogP contribution < -0.4 is 24.4 Å². The fraction of sp³-hybridized carbons (Fsp3) is 0.391. The van der Waals surface area contributed by atoms with Crippen LogP contribution in [0.4, 0.5) is 11.6 Å². The summed E-state index contributed by atoms with van der Waals surface area (Å²) in [5.74, 6) is 3.12. The second-order valence-corrected chi connectivity index (χ2v) is 7.97. The van der Waals surface area contributed by atoms with Crippen molar-refractivity contribution in [2.24, 2.45) is 5.92 Å². The van der Waals surface area contributed by atoms with E-state index in [4.69, 9.17) is 14.2 Å². The number of amides is 1. The van der Waals surface area contributed by atoms with Crippen LogP contribution in [-0.4, -0.2) is 60.5 Å². The number of carbonyl (C=O) groups is 1. The summed E-state index contributed by atoms with van der Waals surface area (Å²) in [5, 5.41) is 9.87. The lowest BCUT2D eigenvalue weighted by Gasteiger charge is -2.31. The number of rotatable bonds is 7. The van der Waals surface area contributed by atoms with Crippen molar-refractivity contribution in [2.75, 3.05) is 44.6 Å². The van der Waals surface area contributed by atoms with Gasteiger partial charge in [0, 0.05) is 24.7 Å². The van der Waals surface area contributed by atoms with Gasteiger partial charge >= 0.3 is 0 Å². The molecule has 174 valence electrons. The molecule has 10 heteroatoms. The minimum Gasteiger partial charge on any atom is -0.493 e. The summed E-state index contributed by atoms with van der Waals surface area (Å²) in [4.78, 5) is 23.6. The number of anilines is 2. The standard InChI is InChI=1S/C23H28N6O4/c1-14-5-7-29(8-6-14)21-12-20(24-13-25-21)26-23(30)17-11-16(27-28-17)15-9-18(31-2)22(33-4)19(10-15)32-3/h9-14H,5-8H2,1-4H3,(H,27,28)(H,24,25,26,30). The lowest BCUT2D eigenvalue weighted by Crippen LogP contribution is -2.33. The number of nitrogens with zero attached hydrogens (tertiary/aromatic N) is 4. The van der Waals surface area contributed by atoms with Crippen molar-refractivity contribution in [1.29, 1.82) is 0 Å². The molecule has 33 heavy (non-hydrogen) atoms. The van der Waals surface area contributed by atoms with Gasteiger partial charge in [0.25, 0.3) is 5.91 Å². The van der Waals surface area contributed by atoms with Gasteiger partial charge in [0.1, 0.15) is 23.7 Å². The van der Waals surface area contributed by atoms with E-state index in [0.717, 1.165) is 37.7 Å². The summed E-state index contributed by atoms with van der Waals surface area (Å²) in [5.41, 5.74) is 1.57. The van der Waals surface area contributed by atoms with E-state index in [-0.39, 0.29) is 5.91 Å². The van der Waals surface area contributed by atoms with E-state index in [1.807, 2.05) is 0 Å². The van der Waals surface area contributed by atoms with Crippen molar-refractivity contribution < 1.29 is 19.0 Å². The summed E-state index contributed by atoms with van der Waals surface area (Å²) >= 11 is 0. The molecule has 2 N–H and O–H groups in total. The highest BCUT2D eigenvalue weighted by Crippen LogP contribution is 2.40. The Balaban J connectivity index is 1.51. The molecule has 2 aromatic heterocycles. The number of hydrogen-bond donors (Lipinski definition) is 2. The van der Waals surface area contributed by atoms with Crippen molar-refractivity contribution in [3.8, 4) is 28.5 Å². The monoisotopic (exact) mass is 452 g/mol. The maximum Gasteiger partial charge on any atom is 0.274 e. The van der Waals surface area contributed by atoms with Crippen LogP contribution in [-0.2, 0) is 0 Å². The third-order valence-electron chi connectivity index (χ3n) is 5.78. The van der Waals surface area contributed by atoms with Gasteiger partial charge in [0.05, 0.1) is 27.0 Å². The Morgan fingerprint density at radius 1 is 1.03 bits per heavy atom. The van der Waals surface area contributed by atoms with E-state index in [9.17, 15) is 4.79 Å². The van der Waals surface area contributed by atoms with Crippen molar-refractivity contribution in [3.63, 3.8) is 0 Å². The molecule has 0 spiro atoms. The molecule has 0 unspecified atom stereocenters. The van der Waals surface area contributed by atoms with Crippen molar-refractivity contribution in [3.05, 3.63) is 36.3 Å². The first-order valence-electron chi connectivity index (χ1n) is 10.8. The number of carbonyl (C=O) groups excluding carboxylic acids is 1. The van der Waals surface area contributed by atoms with Crippen molar-refractivity contribution in [1.82, 2.24) is 20.2 Å². The van der Waals surface area contributed by atoms with E-state index in [1.54, 1.807) is 45.6 Å². The van der Waals surface area contributed by atoms with Crippen molar-refractivity contribution >= 4 is 17.5 Å². The van der Waals surface area contributed by atoms with Gasteiger partial charge in [-0.15, -0.1) is 0 Å². The minimum atomic E-state index is -0.349. The highest BCUT2D eigenvalue weighted by molar-refractivity contribution is 6.03. The number of aromatic nitrogens is 4. The second kappa shape index (κ2) is 9.76. The molecule has 1 aliphatic rings. The number of benzene rings is 1. The van der Waals surface area contributed by atoms with Gasteiger partial charge in [-0.05, 0) is 37.0 Å². The molecule has 0 radical (unpaired) electrons. The van der Waals surface area contributed by atoms with E-state index in [1.165, 1.54) is 6.33 Å². The summed E-state index contributed by atoms with van der Waals surface area (Å²) in [6.07, 6.45) is 3.73. The van der Waals surface area contributed by atoms with Crippen LogP contribution in [0.1, 0.15) is 30.3 Å². The van der Waals surface area contributed by atoms with Crippen LogP contribution in [0.15, 0.2) is 30.6 Å². The number of nitrogens with one attached hydrogen (secondary N) is 2. The zero-order chi connectivity index (χ0) is 23.4. The Bertz CT molecular complexity index is 1100. The molecule has 0 aliphatic carbocycles. The van der Waals surface area contributed by atoms with Crippen LogP contribution in [0.3, 0.4) is 0 Å². The molecule has 0 bridgehead atoms. The van der Waals surface area contributed by atoms with Gasteiger partial charge in [0.15, 0.2) is 11.5 Å². The Morgan fingerprint density at radius 2 is 1.73 bits per heavy atom. The van der Waals surface area contributed by atoms with Crippen LogP contribution in [0.5, 0.6) is 17.2 Å². The second-order valence-electron chi connectivity index (χ2n) is 7.97. The van der Waals surface area contributed by atoms with Gasteiger partial charge in [0.2, 0.25) is 5.75 Å². The minimum absolute atomic E-state index is 0.297. The Morgan fingerprint density at radius 3 is 2.36 bits per heavy atom. The predicted octanol–water partition coefficient (Wildman–Crippen LogP) is 3.38. The fourth-order valence-corrected chi connectivity index (χ4v) is 3.82. The first-order chi connectivity index (χ1) is 16.0. The molecule has 0 atom stereocenters. The number of H-pyrrole nitrogens is 1. The maximum atomic E-state index is 12.8. The molecule has 10 nitrogen and oxygen atoms in total. The molecule has 3 heterocycles. The third kappa shape index (κ3) is 4.84. The molecule has 4 rings (SSSR count). The number of ether oxygens (including phenoxy) is 3. The summed E-state index contributed by atoms with van der Waals surface area (Å²) in [6.45, 7) is 4.16. The number of piperidine rings is 1. The average molecular weight is 453 g/mol. The lowest BCUT2D eigenvalue weighted by molar-refractivity contribution is 0.102. The first kappa shape index (κ1) is 22.4. The van der Waals surface area contributed by atoms with Gasteiger partial charge in [-0.2, -0.15) is 5.10 Å². The zero-order valence-corrected chi connectivity index (χ0v) is 19.2. The quantitative estimate of drug-likeness (QED) is 0.561.